The molecule has 0 radical (unpaired) electrons. The molecule has 27 heavy (non-hydrogen) atoms. The molecule has 0 saturated carbocycles. The number of aryl methyl sites for hydroxylation is 1. The van der Waals surface area contributed by atoms with Gasteiger partial charge in [-0.1, -0.05) is 17.3 Å². The number of benzene rings is 1. The molecule has 5 rings (SSSR count). The fraction of sp³-hybridized carbons (Fsp3) is 0.278. The number of rotatable bonds is 4. The van der Waals surface area contributed by atoms with Crippen LogP contribution < -0.4 is 10.6 Å². The summed E-state index contributed by atoms with van der Waals surface area (Å²) in [6, 6.07) is 8.46. The molecule has 1 atom stereocenters. The van der Waals surface area contributed by atoms with E-state index in [0.717, 1.165) is 36.3 Å². The largest absolute Gasteiger partial charge is 0.350 e. The molecule has 1 aromatic carbocycles. The normalized spacial score (nSPS) is 16.9. The Labute approximate surface area is 155 Å². The standard InChI is InChI=1S/C18H19N9/c1-26-11-13(8-21-26)12-2-4-15(5-3-12)27-17-16(24-25-27)10-20-18(23-17)22-14-6-7-19-9-14/h2-5,8,10-11,14,19H,6-7,9H2,1H3,(H,20,22,23). The van der Waals surface area contributed by atoms with Crippen molar-refractivity contribution >= 4 is 17.1 Å². The molecule has 1 fully saturated rings. The first-order valence-electron chi connectivity index (χ1n) is 8.91. The molecule has 2 N–H and O–H groups in total. The number of anilines is 1. The van der Waals surface area contributed by atoms with Gasteiger partial charge in [0.15, 0.2) is 11.2 Å². The van der Waals surface area contributed by atoms with Crippen molar-refractivity contribution in [2.75, 3.05) is 18.4 Å². The van der Waals surface area contributed by atoms with Crippen LogP contribution in [0.25, 0.3) is 28.0 Å². The van der Waals surface area contributed by atoms with Crippen LogP contribution >= 0.6 is 0 Å². The molecule has 4 heterocycles. The molecular formula is C18H19N9. The second-order valence-corrected chi connectivity index (χ2v) is 6.69. The molecule has 3 aromatic heterocycles. The Hall–Kier alpha value is -3.33. The van der Waals surface area contributed by atoms with Gasteiger partial charge in [0.1, 0.15) is 0 Å². The molecule has 1 aliphatic rings. The summed E-state index contributed by atoms with van der Waals surface area (Å²) in [4.78, 5) is 8.99. The summed E-state index contributed by atoms with van der Waals surface area (Å²) < 4.78 is 3.53. The Morgan fingerprint density at radius 2 is 2.04 bits per heavy atom. The summed E-state index contributed by atoms with van der Waals surface area (Å²) in [6.07, 6.45) is 6.61. The van der Waals surface area contributed by atoms with E-state index in [4.69, 9.17) is 0 Å². The molecule has 0 spiro atoms. The van der Waals surface area contributed by atoms with Gasteiger partial charge in [0.2, 0.25) is 5.95 Å². The topological polar surface area (TPSA) is 98.4 Å². The summed E-state index contributed by atoms with van der Waals surface area (Å²) in [5.74, 6) is 0.603. The van der Waals surface area contributed by atoms with Gasteiger partial charge in [-0.2, -0.15) is 14.8 Å². The Morgan fingerprint density at radius 3 is 2.78 bits per heavy atom. The van der Waals surface area contributed by atoms with Gasteiger partial charge in [-0.3, -0.25) is 4.68 Å². The first kappa shape index (κ1) is 15.9. The highest BCUT2D eigenvalue weighted by atomic mass is 15.4. The van der Waals surface area contributed by atoms with Crippen molar-refractivity contribution in [3.05, 3.63) is 42.9 Å². The van der Waals surface area contributed by atoms with Gasteiger partial charge < -0.3 is 10.6 Å². The maximum absolute atomic E-state index is 4.63. The second-order valence-electron chi connectivity index (χ2n) is 6.69. The summed E-state index contributed by atoms with van der Waals surface area (Å²) in [7, 11) is 1.91. The van der Waals surface area contributed by atoms with Crippen LogP contribution in [0.2, 0.25) is 0 Å². The zero-order valence-corrected chi connectivity index (χ0v) is 14.9. The van der Waals surface area contributed by atoms with E-state index in [9.17, 15) is 0 Å². The van der Waals surface area contributed by atoms with Crippen LogP contribution in [0.3, 0.4) is 0 Å². The lowest BCUT2D eigenvalue weighted by molar-refractivity contribution is 0.768. The lowest BCUT2D eigenvalue weighted by Crippen LogP contribution is -2.23. The van der Waals surface area contributed by atoms with Crippen molar-refractivity contribution in [2.45, 2.75) is 12.5 Å². The lowest BCUT2D eigenvalue weighted by Gasteiger charge is -2.10. The Balaban J connectivity index is 1.46. The van der Waals surface area contributed by atoms with Gasteiger partial charge in [-0.05, 0) is 30.7 Å². The van der Waals surface area contributed by atoms with E-state index in [-0.39, 0.29) is 0 Å². The molecule has 9 heteroatoms. The van der Waals surface area contributed by atoms with Crippen molar-refractivity contribution in [1.82, 2.24) is 40.1 Å². The molecule has 4 aromatic rings. The van der Waals surface area contributed by atoms with Crippen LogP contribution in [0.15, 0.2) is 42.9 Å². The first-order chi connectivity index (χ1) is 13.3. The van der Waals surface area contributed by atoms with E-state index in [1.807, 2.05) is 43.7 Å². The van der Waals surface area contributed by atoms with Crippen LogP contribution in [0.5, 0.6) is 0 Å². The van der Waals surface area contributed by atoms with Crippen LogP contribution in [0, 0.1) is 0 Å². The average Bonchev–Trinajstić information content (AvgIpc) is 3.43. The fourth-order valence-corrected chi connectivity index (χ4v) is 3.30. The van der Waals surface area contributed by atoms with Crippen molar-refractivity contribution in [2.24, 2.45) is 7.05 Å². The quantitative estimate of drug-likeness (QED) is 0.567. The molecule has 1 aliphatic heterocycles. The predicted octanol–water partition coefficient (Wildman–Crippen LogP) is 1.38. The number of nitrogens with one attached hydrogen (secondary N) is 2. The SMILES string of the molecule is Cn1cc(-c2ccc(-n3nnc4cnc(NC5CCNC5)nc43)cc2)cn1. The summed E-state index contributed by atoms with van der Waals surface area (Å²) in [6.45, 7) is 1.94. The van der Waals surface area contributed by atoms with Gasteiger partial charge in [0, 0.05) is 31.4 Å². The molecular weight excluding hydrogens is 342 g/mol. The van der Waals surface area contributed by atoms with Gasteiger partial charge in [-0.15, -0.1) is 5.10 Å². The van der Waals surface area contributed by atoms with E-state index in [0.29, 0.717) is 23.2 Å². The van der Waals surface area contributed by atoms with Gasteiger partial charge in [0.25, 0.3) is 0 Å². The third-order valence-electron chi connectivity index (χ3n) is 4.74. The smallest absolute Gasteiger partial charge is 0.225 e. The van der Waals surface area contributed by atoms with Gasteiger partial charge in [0.05, 0.1) is 18.1 Å². The molecule has 1 saturated heterocycles. The van der Waals surface area contributed by atoms with E-state index < -0.39 is 0 Å². The van der Waals surface area contributed by atoms with E-state index in [1.54, 1.807) is 15.6 Å². The number of aromatic nitrogens is 7. The van der Waals surface area contributed by atoms with Crippen LogP contribution in [0.4, 0.5) is 5.95 Å². The Morgan fingerprint density at radius 1 is 1.15 bits per heavy atom. The fourth-order valence-electron chi connectivity index (χ4n) is 3.30. The Bertz CT molecular complexity index is 1070. The zero-order chi connectivity index (χ0) is 18.2. The number of hydrogen-bond donors (Lipinski definition) is 2. The van der Waals surface area contributed by atoms with Crippen LogP contribution in [0.1, 0.15) is 6.42 Å². The third kappa shape index (κ3) is 3.02. The number of fused-ring (bicyclic) bond motifs is 1. The van der Waals surface area contributed by atoms with Crippen molar-refractivity contribution in [1.29, 1.82) is 0 Å². The van der Waals surface area contributed by atoms with Gasteiger partial charge in [-0.25, -0.2) is 4.98 Å². The minimum absolute atomic E-state index is 0.352. The zero-order valence-electron chi connectivity index (χ0n) is 14.9. The molecule has 0 amide bonds. The van der Waals surface area contributed by atoms with E-state index in [1.165, 1.54) is 0 Å². The van der Waals surface area contributed by atoms with Crippen molar-refractivity contribution < 1.29 is 0 Å². The predicted molar refractivity (Wildman–Crippen MR) is 102 cm³/mol. The third-order valence-corrected chi connectivity index (χ3v) is 4.74. The molecule has 136 valence electrons. The van der Waals surface area contributed by atoms with Crippen molar-refractivity contribution in [3.8, 4) is 16.8 Å². The van der Waals surface area contributed by atoms with Crippen LogP contribution in [-0.2, 0) is 7.05 Å². The lowest BCUT2D eigenvalue weighted by atomic mass is 10.1. The maximum atomic E-state index is 4.63. The highest BCUT2D eigenvalue weighted by Crippen LogP contribution is 2.22. The molecule has 9 nitrogen and oxygen atoms in total. The van der Waals surface area contributed by atoms with Crippen LogP contribution in [-0.4, -0.2) is 53.9 Å². The van der Waals surface area contributed by atoms with E-state index in [2.05, 4.69) is 36.0 Å². The highest BCUT2D eigenvalue weighted by Gasteiger charge is 2.16. The van der Waals surface area contributed by atoms with Crippen molar-refractivity contribution in [3.63, 3.8) is 0 Å². The molecule has 0 bridgehead atoms. The summed E-state index contributed by atoms with van der Waals surface area (Å²) >= 11 is 0. The van der Waals surface area contributed by atoms with Gasteiger partial charge >= 0.3 is 0 Å². The first-order valence-corrected chi connectivity index (χ1v) is 8.91. The minimum atomic E-state index is 0.352. The number of hydrogen-bond acceptors (Lipinski definition) is 7. The molecule has 0 aliphatic carbocycles. The maximum Gasteiger partial charge on any atom is 0.225 e. The number of nitrogens with zero attached hydrogens (tertiary/aromatic N) is 7. The molecule has 1 unspecified atom stereocenters. The second kappa shape index (κ2) is 6.44. The summed E-state index contributed by atoms with van der Waals surface area (Å²) in [5, 5.41) is 19.4. The Kier molecular flexibility index (Phi) is 3.79. The monoisotopic (exact) mass is 361 g/mol. The minimum Gasteiger partial charge on any atom is -0.350 e. The highest BCUT2D eigenvalue weighted by molar-refractivity contribution is 5.72. The van der Waals surface area contributed by atoms with E-state index >= 15 is 0 Å². The average molecular weight is 361 g/mol. The summed E-state index contributed by atoms with van der Waals surface area (Å²) in [5.41, 5.74) is 4.43.